The SMILES string of the molecule is c1ccc2c(c1)c1ccccc1n2-c1ccc(-c2ccc3c(c2)-n2c4ccccc4c4c(-c5ccc(-n6c7ccccc7c7ccccc76)cc5)ccc(c42)O3)cc1. The van der Waals surface area contributed by atoms with E-state index >= 15 is 0 Å². The zero-order valence-electron chi connectivity index (χ0n) is 31.3. The summed E-state index contributed by atoms with van der Waals surface area (Å²) in [5, 5.41) is 7.47. The highest BCUT2D eigenvalue weighted by molar-refractivity contribution is 6.18. The van der Waals surface area contributed by atoms with Gasteiger partial charge >= 0.3 is 0 Å². The van der Waals surface area contributed by atoms with Gasteiger partial charge in [0.15, 0.2) is 11.5 Å². The average molecular weight is 740 g/mol. The van der Waals surface area contributed by atoms with E-state index in [1.165, 1.54) is 65.5 Å². The Morgan fingerprint density at radius 2 is 0.724 bits per heavy atom. The number of ether oxygens (including phenoxy) is 1. The number of benzene rings is 9. The van der Waals surface area contributed by atoms with Crippen molar-refractivity contribution in [2.45, 2.75) is 0 Å². The molecule has 1 aliphatic rings. The van der Waals surface area contributed by atoms with E-state index in [4.69, 9.17) is 4.74 Å². The summed E-state index contributed by atoms with van der Waals surface area (Å²) in [6, 6.07) is 72.4. The zero-order valence-corrected chi connectivity index (χ0v) is 31.3. The fourth-order valence-electron chi connectivity index (χ4n) is 9.71. The Morgan fingerprint density at radius 1 is 0.310 bits per heavy atom. The molecule has 13 rings (SSSR count). The first-order valence-corrected chi connectivity index (χ1v) is 19.8. The molecule has 0 atom stereocenters. The molecule has 0 unspecified atom stereocenters. The number of fused-ring (bicyclic) bond motifs is 11. The van der Waals surface area contributed by atoms with Crippen molar-refractivity contribution in [1.82, 2.24) is 13.7 Å². The lowest BCUT2D eigenvalue weighted by Gasteiger charge is -2.22. The van der Waals surface area contributed by atoms with Gasteiger partial charge in [-0.1, -0.05) is 121 Å². The lowest BCUT2D eigenvalue weighted by molar-refractivity contribution is 0.476. The first-order valence-electron chi connectivity index (χ1n) is 19.8. The van der Waals surface area contributed by atoms with E-state index in [-0.39, 0.29) is 0 Å². The summed E-state index contributed by atoms with van der Waals surface area (Å²) in [4.78, 5) is 0. The summed E-state index contributed by atoms with van der Waals surface area (Å²) in [7, 11) is 0. The first kappa shape index (κ1) is 31.4. The van der Waals surface area contributed by atoms with Gasteiger partial charge in [-0.2, -0.15) is 0 Å². The fourth-order valence-corrected chi connectivity index (χ4v) is 9.71. The standard InChI is InChI=1S/C54H33N3O/c1-6-16-45-40(11-1)41-12-2-7-17-46(41)55(45)37-26-21-34(22-27-37)36-25-31-51-50(33-36)57-49-20-10-5-15-44(49)53-39(30-32-52(58-51)54(53)57)35-23-28-38(29-24-35)56-47-18-8-3-13-42(47)43-14-4-9-19-48(43)56/h1-33H. The molecule has 4 nitrogen and oxygen atoms in total. The maximum atomic E-state index is 6.73. The van der Waals surface area contributed by atoms with Crippen molar-refractivity contribution in [1.29, 1.82) is 0 Å². The predicted octanol–water partition coefficient (Wildman–Crippen LogP) is 14.4. The second-order valence-corrected chi connectivity index (χ2v) is 15.3. The minimum atomic E-state index is 0.851. The van der Waals surface area contributed by atoms with E-state index in [2.05, 4.69) is 214 Å². The number of hydrogen-bond donors (Lipinski definition) is 0. The van der Waals surface area contributed by atoms with Crippen LogP contribution in [0.1, 0.15) is 0 Å². The zero-order chi connectivity index (χ0) is 37.9. The fraction of sp³-hybridized carbons (Fsp3) is 0. The Labute approximate surface area is 333 Å². The molecule has 0 saturated carbocycles. The highest BCUT2D eigenvalue weighted by Gasteiger charge is 2.26. The van der Waals surface area contributed by atoms with Crippen molar-refractivity contribution in [2.24, 2.45) is 0 Å². The quantitative estimate of drug-likeness (QED) is 0.176. The minimum absolute atomic E-state index is 0.851. The van der Waals surface area contributed by atoms with Gasteiger partial charge in [-0.05, 0) is 101 Å². The third-order valence-corrected chi connectivity index (χ3v) is 12.3. The molecule has 0 N–H and O–H groups in total. The van der Waals surface area contributed by atoms with Crippen molar-refractivity contribution in [3.05, 3.63) is 200 Å². The molecule has 12 aromatic rings. The third kappa shape index (κ3) is 4.34. The Bertz CT molecular complexity index is 3530. The highest BCUT2D eigenvalue weighted by atomic mass is 16.5. The van der Waals surface area contributed by atoms with E-state index < -0.39 is 0 Å². The van der Waals surface area contributed by atoms with Crippen LogP contribution in [0, 0.1) is 0 Å². The van der Waals surface area contributed by atoms with Gasteiger partial charge < -0.3 is 18.4 Å². The molecular weight excluding hydrogens is 707 g/mol. The summed E-state index contributed by atoms with van der Waals surface area (Å²) < 4.78 is 13.9. The van der Waals surface area contributed by atoms with Crippen LogP contribution in [0.2, 0.25) is 0 Å². The largest absolute Gasteiger partial charge is 0.453 e. The van der Waals surface area contributed by atoms with Gasteiger partial charge in [-0.3, -0.25) is 0 Å². The maximum absolute atomic E-state index is 6.73. The number of rotatable bonds is 4. The molecule has 0 bridgehead atoms. The summed E-state index contributed by atoms with van der Waals surface area (Å²) in [6.07, 6.45) is 0. The highest BCUT2D eigenvalue weighted by Crippen LogP contribution is 2.49. The van der Waals surface area contributed by atoms with Crippen molar-refractivity contribution >= 4 is 65.4 Å². The molecule has 0 aliphatic carbocycles. The molecule has 0 amide bonds. The Balaban J connectivity index is 0.928. The van der Waals surface area contributed by atoms with Crippen LogP contribution in [0.5, 0.6) is 11.5 Å². The van der Waals surface area contributed by atoms with Gasteiger partial charge in [0.2, 0.25) is 0 Å². The number of aromatic nitrogens is 3. The van der Waals surface area contributed by atoms with E-state index in [0.717, 1.165) is 50.7 Å². The third-order valence-electron chi connectivity index (χ3n) is 12.3. The van der Waals surface area contributed by atoms with Crippen molar-refractivity contribution in [3.63, 3.8) is 0 Å². The van der Waals surface area contributed by atoms with Crippen LogP contribution in [0.4, 0.5) is 0 Å². The van der Waals surface area contributed by atoms with Gasteiger partial charge in [0.1, 0.15) is 0 Å². The van der Waals surface area contributed by atoms with E-state index in [9.17, 15) is 0 Å². The van der Waals surface area contributed by atoms with E-state index in [0.29, 0.717) is 0 Å². The molecule has 1 aliphatic heterocycles. The minimum Gasteiger partial charge on any atom is -0.453 e. The van der Waals surface area contributed by atoms with Crippen molar-refractivity contribution < 1.29 is 4.74 Å². The predicted molar refractivity (Wildman–Crippen MR) is 240 cm³/mol. The normalized spacial score (nSPS) is 12.3. The first-order chi connectivity index (χ1) is 28.8. The molecule has 4 heteroatoms. The van der Waals surface area contributed by atoms with E-state index in [1.54, 1.807) is 0 Å². The van der Waals surface area contributed by atoms with Gasteiger partial charge in [-0.25, -0.2) is 0 Å². The average Bonchev–Trinajstić information content (AvgIpc) is 3.94. The number of para-hydroxylation sites is 5. The smallest absolute Gasteiger partial charge is 0.152 e. The summed E-state index contributed by atoms with van der Waals surface area (Å²) in [5.74, 6) is 1.72. The van der Waals surface area contributed by atoms with Crippen LogP contribution in [-0.4, -0.2) is 13.7 Å². The topological polar surface area (TPSA) is 24.0 Å². The van der Waals surface area contributed by atoms with Gasteiger partial charge in [0, 0.05) is 43.7 Å². The molecule has 0 spiro atoms. The molecule has 0 saturated heterocycles. The molecule has 4 heterocycles. The molecular formula is C54H33N3O. The van der Waals surface area contributed by atoms with Gasteiger partial charge in [0.05, 0.1) is 38.8 Å². The monoisotopic (exact) mass is 739 g/mol. The molecule has 3 aromatic heterocycles. The van der Waals surface area contributed by atoms with Gasteiger partial charge in [0.25, 0.3) is 0 Å². The van der Waals surface area contributed by atoms with Crippen LogP contribution in [0.15, 0.2) is 200 Å². The van der Waals surface area contributed by atoms with Crippen LogP contribution < -0.4 is 4.74 Å². The summed E-state index contributed by atoms with van der Waals surface area (Å²) >= 11 is 0. The van der Waals surface area contributed by atoms with E-state index in [1.807, 2.05) is 0 Å². The summed E-state index contributed by atoms with van der Waals surface area (Å²) in [6.45, 7) is 0. The van der Waals surface area contributed by atoms with Crippen LogP contribution in [0.25, 0.3) is 105 Å². The Hall–Kier alpha value is -7.82. The van der Waals surface area contributed by atoms with Crippen molar-refractivity contribution in [2.75, 3.05) is 0 Å². The van der Waals surface area contributed by atoms with Crippen LogP contribution in [-0.2, 0) is 0 Å². The Kier molecular flexibility index (Phi) is 6.41. The Morgan fingerprint density at radius 3 is 1.24 bits per heavy atom. The van der Waals surface area contributed by atoms with Crippen LogP contribution >= 0.6 is 0 Å². The molecule has 270 valence electrons. The number of hydrogen-bond acceptors (Lipinski definition) is 1. The number of nitrogens with zero attached hydrogens (tertiary/aromatic N) is 3. The molecule has 0 fully saturated rings. The van der Waals surface area contributed by atoms with Gasteiger partial charge in [-0.15, -0.1) is 0 Å². The second-order valence-electron chi connectivity index (χ2n) is 15.3. The lowest BCUT2D eigenvalue weighted by Crippen LogP contribution is -2.04. The second kappa shape index (κ2) is 11.8. The van der Waals surface area contributed by atoms with Crippen LogP contribution in [0.3, 0.4) is 0 Å². The van der Waals surface area contributed by atoms with Crippen molar-refractivity contribution in [3.8, 4) is 50.8 Å². The molecule has 0 radical (unpaired) electrons. The lowest BCUT2D eigenvalue weighted by atomic mass is 9.98. The summed E-state index contributed by atoms with van der Waals surface area (Å²) in [5.41, 5.74) is 15.1. The molecule has 58 heavy (non-hydrogen) atoms. The maximum Gasteiger partial charge on any atom is 0.152 e. The molecule has 9 aromatic carbocycles.